The Morgan fingerprint density at radius 3 is 2.32 bits per heavy atom. The number of amides is 3. The minimum atomic E-state index is -0.515. The number of imide groups is 1. The van der Waals surface area contributed by atoms with Crippen molar-refractivity contribution < 1.29 is 19.1 Å². The van der Waals surface area contributed by atoms with Crippen LogP contribution in [0, 0.1) is 0 Å². The maximum atomic E-state index is 12.6. The van der Waals surface area contributed by atoms with E-state index in [1.807, 2.05) is 0 Å². The Morgan fingerprint density at radius 2 is 1.68 bits per heavy atom. The minimum absolute atomic E-state index is 0.173. The Morgan fingerprint density at radius 1 is 1.00 bits per heavy atom. The first-order valence-corrected chi connectivity index (χ1v) is 7.76. The van der Waals surface area contributed by atoms with E-state index in [1.165, 1.54) is 7.11 Å². The van der Waals surface area contributed by atoms with Gasteiger partial charge in [0.2, 0.25) is 0 Å². The molecule has 1 aliphatic rings. The number of nitrogens with zero attached hydrogens (tertiary/aromatic N) is 1. The number of carbonyl (C=O) groups excluding carboxylic acids is 2. The number of rotatable bonds is 4. The van der Waals surface area contributed by atoms with Gasteiger partial charge >= 0.3 is 6.03 Å². The molecule has 3 amide bonds. The zero-order chi connectivity index (χ0) is 18.0. The fourth-order valence-corrected chi connectivity index (χ4v) is 2.59. The average molecular weight is 359 g/mol. The molecule has 7 heteroatoms. The quantitative estimate of drug-likeness (QED) is 0.671. The predicted molar refractivity (Wildman–Crippen MR) is 95.0 cm³/mol. The first-order valence-electron chi connectivity index (χ1n) is 7.38. The largest absolute Gasteiger partial charge is 0.493 e. The van der Waals surface area contributed by atoms with Gasteiger partial charge in [0.25, 0.3) is 5.91 Å². The van der Waals surface area contributed by atoms with Gasteiger partial charge < -0.3 is 14.8 Å². The van der Waals surface area contributed by atoms with Gasteiger partial charge in [0.1, 0.15) is 5.70 Å². The number of carbonyl (C=O) groups is 2. The lowest BCUT2D eigenvalue weighted by Crippen LogP contribution is -2.30. The summed E-state index contributed by atoms with van der Waals surface area (Å²) in [5.41, 5.74) is 1.31. The Labute approximate surface area is 149 Å². The molecule has 0 aliphatic carbocycles. The van der Waals surface area contributed by atoms with Crippen molar-refractivity contribution in [3.63, 3.8) is 0 Å². The van der Waals surface area contributed by atoms with Crippen LogP contribution in [0.25, 0.3) is 6.08 Å². The van der Waals surface area contributed by atoms with E-state index in [4.69, 9.17) is 21.1 Å². The van der Waals surface area contributed by atoms with E-state index in [0.29, 0.717) is 27.8 Å². The van der Waals surface area contributed by atoms with Crippen molar-refractivity contribution in [2.45, 2.75) is 0 Å². The van der Waals surface area contributed by atoms with Crippen LogP contribution < -0.4 is 19.7 Å². The first-order chi connectivity index (χ1) is 12.0. The highest BCUT2D eigenvalue weighted by Crippen LogP contribution is 2.29. The number of hydrogen-bond acceptors (Lipinski definition) is 4. The highest BCUT2D eigenvalue weighted by Gasteiger charge is 2.34. The molecule has 2 aromatic rings. The van der Waals surface area contributed by atoms with Crippen LogP contribution >= 0.6 is 11.6 Å². The highest BCUT2D eigenvalue weighted by molar-refractivity contribution is 6.31. The summed E-state index contributed by atoms with van der Waals surface area (Å²) >= 11 is 5.84. The third kappa shape index (κ3) is 3.29. The van der Waals surface area contributed by atoms with E-state index >= 15 is 0 Å². The summed E-state index contributed by atoms with van der Waals surface area (Å²) in [6.45, 7) is 0. The number of urea groups is 1. The lowest BCUT2D eigenvalue weighted by molar-refractivity contribution is -0.113. The van der Waals surface area contributed by atoms with E-state index in [9.17, 15) is 9.59 Å². The molecule has 1 aliphatic heterocycles. The van der Waals surface area contributed by atoms with Crippen LogP contribution in [0.15, 0.2) is 48.2 Å². The molecule has 1 heterocycles. The molecule has 0 radical (unpaired) electrons. The molecule has 6 nitrogen and oxygen atoms in total. The molecule has 1 fully saturated rings. The second kappa shape index (κ2) is 6.86. The van der Waals surface area contributed by atoms with Crippen LogP contribution in [-0.4, -0.2) is 26.2 Å². The molecule has 0 aromatic heterocycles. The monoisotopic (exact) mass is 358 g/mol. The van der Waals surface area contributed by atoms with Crippen LogP contribution in [0.3, 0.4) is 0 Å². The lowest BCUT2D eigenvalue weighted by atomic mass is 10.1. The van der Waals surface area contributed by atoms with Crippen molar-refractivity contribution in [2.75, 3.05) is 19.1 Å². The minimum Gasteiger partial charge on any atom is -0.493 e. The fourth-order valence-electron chi connectivity index (χ4n) is 2.47. The zero-order valence-corrected chi connectivity index (χ0v) is 14.3. The average Bonchev–Trinajstić information content (AvgIpc) is 2.89. The van der Waals surface area contributed by atoms with Gasteiger partial charge in [-0.1, -0.05) is 17.7 Å². The van der Waals surface area contributed by atoms with Crippen molar-refractivity contribution in [1.29, 1.82) is 0 Å². The van der Waals surface area contributed by atoms with Crippen LogP contribution in [-0.2, 0) is 4.79 Å². The predicted octanol–water partition coefficient (Wildman–Crippen LogP) is 3.45. The van der Waals surface area contributed by atoms with Crippen LogP contribution in [0.1, 0.15) is 5.56 Å². The summed E-state index contributed by atoms with van der Waals surface area (Å²) in [5, 5.41) is 3.10. The van der Waals surface area contributed by atoms with Crippen molar-refractivity contribution in [1.82, 2.24) is 5.32 Å². The molecule has 25 heavy (non-hydrogen) atoms. The molecule has 1 N–H and O–H groups in total. The standard InChI is InChI=1S/C18H15ClN2O4/c1-24-15-8-3-11(10-16(15)25-2)9-14-17(22)21(18(23)20-14)13-6-4-12(19)5-7-13/h3-10H,1-2H3,(H,20,23)/b14-9+. The number of anilines is 1. The molecule has 0 unspecified atom stereocenters. The maximum Gasteiger partial charge on any atom is 0.333 e. The normalized spacial score (nSPS) is 15.5. The second-order valence-electron chi connectivity index (χ2n) is 5.22. The molecule has 0 spiro atoms. The SMILES string of the molecule is COc1ccc(/C=C2/NC(=O)N(c3ccc(Cl)cc3)C2=O)cc1OC. The highest BCUT2D eigenvalue weighted by atomic mass is 35.5. The number of ether oxygens (including phenoxy) is 2. The summed E-state index contributed by atoms with van der Waals surface area (Å²) < 4.78 is 10.4. The number of hydrogen-bond donors (Lipinski definition) is 1. The number of methoxy groups -OCH3 is 2. The topological polar surface area (TPSA) is 67.9 Å². The van der Waals surface area contributed by atoms with Gasteiger partial charge in [0.15, 0.2) is 11.5 Å². The fraction of sp³-hybridized carbons (Fsp3) is 0.111. The molecule has 1 saturated heterocycles. The molecule has 0 atom stereocenters. The van der Waals surface area contributed by atoms with Crippen molar-refractivity contribution in [3.8, 4) is 11.5 Å². The van der Waals surface area contributed by atoms with E-state index in [1.54, 1.807) is 55.7 Å². The summed E-state index contributed by atoms with van der Waals surface area (Å²) in [5.74, 6) is 0.666. The van der Waals surface area contributed by atoms with E-state index < -0.39 is 11.9 Å². The third-order valence-electron chi connectivity index (χ3n) is 3.68. The Hall–Kier alpha value is -2.99. The van der Waals surface area contributed by atoms with Gasteiger partial charge in [-0.2, -0.15) is 0 Å². The molecule has 128 valence electrons. The van der Waals surface area contributed by atoms with Gasteiger partial charge in [-0.15, -0.1) is 0 Å². The Balaban J connectivity index is 1.91. The van der Waals surface area contributed by atoms with Gasteiger partial charge in [-0.3, -0.25) is 4.79 Å². The third-order valence-corrected chi connectivity index (χ3v) is 3.93. The smallest absolute Gasteiger partial charge is 0.333 e. The summed E-state index contributed by atoms with van der Waals surface area (Å²) in [6, 6.07) is 11.1. The van der Waals surface area contributed by atoms with Crippen LogP contribution in [0.5, 0.6) is 11.5 Å². The van der Waals surface area contributed by atoms with Crippen LogP contribution in [0.4, 0.5) is 10.5 Å². The summed E-state index contributed by atoms with van der Waals surface area (Å²) in [6.07, 6.45) is 1.58. The van der Waals surface area contributed by atoms with Gasteiger partial charge in [-0.05, 0) is 48.0 Å². The molecule has 2 aromatic carbocycles. The number of halogens is 1. The van der Waals surface area contributed by atoms with Gasteiger partial charge in [0, 0.05) is 5.02 Å². The molecule has 0 bridgehead atoms. The zero-order valence-electron chi connectivity index (χ0n) is 13.6. The summed E-state index contributed by atoms with van der Waals surface area (Å²) in [7, 11) is 3.07. The molecular weight excluding hydrogens is 344 g/mol. The number of benzene rings is 2. The molecule has 0 saturated carbocycles. The Kier molecular flexibility index (Phi) is 4.63. The van der Waals surface area contributed by atoms with Crippen molar-refractivity contribution >= 4 is 35.3 Å². The Bertz CT molecular complexity index is 862. The van der Waals surface area contributed by atoms with E-state index in [2.05, 4.69) is 5.32 Å². The second-order valence-corrected chi connectivity index (χ2v) is 5.66. The van der Waals surface area contributed by atoms with Crippen LogP contribution in [0.2, 0.25) is 5.02 Å². The number of nitrogens with one attached hydrogen (secondary N) is 1. The van der Waals surface area contributed by atoms with Crippen molar-refractivity contribution in [3.05, 3.63) is 58.7 Å². The maximum absolute atomic E-state index is 12.6. The molecule has 3 rings (SSSR count). The summed E-state index contributed by atoms with van der Waals surface area (Å²) in [4.78, 5) is 25.8. The van der Waals surface area contributed by atoms with E-state index in [-0.39, 0.29) is 5.70 Å². The van der Waals surface area contributed by atoms with E-state index in [0.717, 1.165) is 4.90 Å². The first kappa shape index (κ1) is 16.9. The van der Waals surface area contributed by atoms with Gasteiger partial charge in [-0.25, -0.2) is 9.69 Å². The molecular formula is C18H15ClN2O4. The van der Waals surface area contributed by atoms with Crippen molar-refractivity contribution in [2.24, 2.45) is 0 Å². The lowest BCUT2D eigenvalue weighted by Gasteiger charge is -2.11. The van der Waals surface area contributed by atoms with Gasteiger partial charge in [0.05, 0.1) is 19.9 Å².